The maximum atomic E-state index is 12.8. The Labute approximate surface area is 145 Å². The van der Waals surface area contributed by atoms with E-state index >= 15 is 0 Å². The summed E-state index contributed by atoms with van der Waals surface area (Å²) in [5, 5.41) is 0. The van der Waals surface area contributed by atoms with Crippen LogP contribution in [-0.2, 0) is 14.4 Å². The Kier molecular flexibility index (Phi) is 5.08. The molecule has 0 unspecified atom stereocenters. The quantitative estimate of drug-likeness (QED) is 0.802. The lowest BCUT2D eigenvalue weighted by atomic mass is 10.2. The predicted octanol–water partition coefficient (Wildman–Crippen LogP) is 1.17. The molecular weight excluding hydrogens is 326 g/mol. The number of thioether (sulfide) groups is 1. The van der Waals surface area contributed by atoms with Gasteiger partial charge in [-0.05, 0) is 25.5 Å². The number of hydrogen-bond acceptors (Lipinski definition) is 4. The van der Waals surface area contributed by atoms with Crippen LogP contribution in [0.5, 0.6) is 0 Å². The Morgan fingerprint density at radius 3 is 2.67 bits per heavy atom. The summed E-state index contributed by atoms with van der Waals surface area (Å²) in [5.41, 5.74) is 0.861. The van der Waals surface area contributed by atoms with Crippen LogP contribution in [0, 0.1) is 0 Å². The van der Waals surface area contributed by atoms with E-state index in [1.165, 1.54) is 11.8 Å². The van der Waals surface area contributed by atoms with Crippen molar-refractivity contribution in [1.82, 2.24) is 9.80 Å². The maximum Gasteiger partial charge on any atom is 0.249 e. The Morgan fingerprint density at radius 2 is 2.04 bits per heavy atom. The van der Waals surface area contributed by atoms with Crippen molar-refractivity contribution in [3.63, 3.8) is 0 Å². The van der Waals surface area contributed by atoms with Crippen LogP contribution in [-0.4, -0.2) is 64.8 Å². The molecule has 0 radical (unpaired) electrons. The van der Waals surface area contributed by atoms with Crippen LogP contribution in [0.15, 0.2) is 30.3 Å². The second kappa shape index (κ2) is 7.25. The summed E-state index contributed by atoms with van der Waals surface area (Å²) in [4.78, 5) is 42.0. The lowest BCUT2D eigenvalue weighted by Gasteiger charge is -2.28. The molecule has 7 heteroatoms. The molecule has 2 fully saturated rings. The molecule has 0 aliphatic carbocycles. The fraction of sp³-hybridized carbons (Fsp3) is 0.471. The van der Waals surface area contributed by atoms with Gasteiger partial charge in [0.2, 0.25) is 17.7 Å². The fourth-order valence-electron chi connectivity index (χ4n) is 3.18. The van der Waals surface area contributed by atoms with E-state index in [1.807, 2.05) is 37.3 Å². The van der Waals surface area contributed by atoms with Gasteiger partial charge in [-0.2, -0.15) is 0 Å². The van der Waals surface area contributed by atoms with Crippen LogP contribution in [0.1, 0.15) is 13.3 Å². The highest BCUT2D eigenvalue weighted by Crippen LogP contribution is 2.24. The third-order valence-corrected chi connectivity index (χ3v) is 5.38. The van der Waals surface area contributed by atoms with Gasteiger partial charge in [0.15, 0.2) is 0 Å². The molecule has 2 heterocycles. The predicted molar refractivity (Wildman–Crippen MR) is 93.6 cm³/mol. The van der Waals surface area contributed by atoms with Gasteiger partial charge < -0.3 is 14.7 Å². The molecule has 3 amide bonds. The molecule has 128 valence electrons. The lowest BCUT2D eigenvalue weighted by Crippen LogP contribution is -2.49. The van der Waals surface area contributed by atoms with E-state index in [1.54, 1.807) is 14.7 Å². The third-order valence-electron chi connectivity index (χ3n) is 4.43. The number of rotatable bonds is 5. The number of likely N-dealkylation sites (N-methyl/N-ethyl adjacent to an activating group) is 1. The second-order valence-corrected chi connectivity index (χ2v) is 6.83. The second-order valence-electron chi connectivity index (χ2n) is 5.88. The van der Waals surface area contributed by atoms with Crippen LogP contribution < -0.4 is 4.90 Å². The van der Waals surface area contributed by atoms with E-state index in [9.17, 15) is 14.4 Å². The molecule has 2 saturated heterocycles. The van der Waals surface area contributed by atoms with Gasteiger partial charge in [-0.1, -0.05) is 18.2 Å². The van der Waals surface area contributed by atoms with Crippen LogP contribution in [0.4, 0.5) is 5.69 Å². The molecule has 1 atom stereocenters. The molecule has 0 spiro atoms. The summed E-state index contributed by atoms with van der Waals surface area (Å²) in [6.07, 6.45) is 0.621. The summed E-state index contributed by atoms with van der Waals surface area (Å²) < 4.78 is 0. The summed E-state index contributed by atoms with van der Waals surface area (Å²) in [6, 6.07) is 9.07. The van der Waals surface area contributed by atoms with Crippen LogP contribution in [0.3, 0.4) is 0 Å². The molecule has 1 aromatic rings. The molecule has 0 saturated carbocycles. The minimum absolute atomic E-state index is 0.00642. The van der Waals surface area contributed by atoms with Crippen molar-refractivity contribution in [2.75, 3.05) is 36.2 Å². The van der Waals surface area contributed by atoms with E-state index in [-0.39, 0.29) is 24.3 Å². The molecule has 0 bridgehead atoms. The van der Waals surface area contributed by atoms with E-state index < -0.39 is 6.04 Å². The highest BCUT2D eigenvalue weighted by atomic mass is 32.2. The maximum absolute atomic E-state index is 12.8. The van der Waals surface area contributed by atoms with Gasteiger partial charge in [0, 0.05) is 18.8 Å². The summed E-state index contributed by atoms with van der Waals surface area (Å²) in [7, 11) is 0. The van der Waals surface area contributed by atoms with Gasteiger partial charge in [-0.25, -0.2) is 0 Å². The van der Waals surface area contributed by atoms with E-state index in [0.29, 0.717) is 31.1 Å². The highest BCUT2D eigenvalue weighted by Gasteiger charge is 2.38. The number of carbonyl (C=O) groups excluding carboxylic acids is 3. The van der Waals surface area contributed by atoms with E-state index in [4.69, 9.17) is 0 Å². The van der Waals surface area contributed by atoms with Gasteiger partial charge >= 0.3 is 0 Å². The Hall–Kier alpha value is -2.02. The summed E-state index contributed by atoms with van der Waals surface area (Å²) in [6.45, 7) is 3.01. The van der Waals surface area contributed by atoms with Gasteiger partial charge in [-0.15, -0.1) is 11.8 Å². The van der Waals surface area contributed by atoms with Crippen molar-refractivity contribution in [2.45, 2.75) is 19.4 Å². The first kappa shape index (κ1) is 16.8. The van der Waals surface area contributed by atoms with Crippen molar-refractivity contribution < 1.29 is 14.4 Å². The number of carbonyl (C=O) groups is 3. The molecule has 24 heavy (non-hydrogen) atoms. The molecule has 0 aromatic heterocycles. The van der Waals surface area contributed by atoms with E-state index in [0.717, 1.165) is 5.69 Å². The van der Waals surface area contributed by atoms with Crippen LogP contribution >= 0.6 is 11.8 Å². The first-order valence-corrected chi connectivity index (χ1v) is 9.28. The first-order valence-electron chi connectivity index (χ1n) is 8.13. The molecule has 2 aliphatic heterocycles. The first-order chi connectivity index (χ1) is 11.6. The standard InChI is InChI=1S/C17H21N3O3S/c1-2-19(15(21)10-18-12-24-11-16(18)22)14-8-9-20(17(14)23)13-6-4-3-5-7-13/h3-7,14H,2,8-12H2,1H3/t14-/m0/s1. The Morgan fingerprint density at radius 1 is 1.29 bits per heavy atom. The normalized spacial score (nSPS) is 20.8. The number of amides is 3. The zero-order valence-electron chi connectivity index (χ0n) is 13.7. The topological polar surface area (TPSA) is 60.9 Å². The lowest BCUT2D eigenvalue weighted by molar-refractivity contribution is -0.141. The number of benzene rings is 1. The molecule has 6 nitrogen and oxygen atoms in total. The fourth-order valence-corrected chi connectivity index (χ4v) is 4.09. The number of para-hydroxylation sites is 1. The minimum atomic E-state index is -0.437. The van der Waals surface area contributed by atoms with Gasteiger partial charge in [-0.3, -0.25) is 14.4 Å². The Bertz CT molecular complexity index is 637. The SMILES string of the molecule is CCN(C(=O)CN1CSCC1=O)[C@H]1CCN(c2ccccc2)C1=O. The van der Waals surface area contributed by atoms with Crippen molar-refractivity contribution in [3.05, 3.63) is 30.3 Å². The number of anilines is 1. The minimum Gasteiger partial charge on any atom is -0.329 e. The smallest absolute Gasteiger partial charge is 0.249 e. The van der Waals surface area contributed by atoms with Crippen molar-refractivity contribution in [3.8, 4) is 0 Å². The number of nitrogens with zero attached hydrogens (tertiary/aromatic N) is 3. The summed E-state index contributed by atoms with van der Waals surface area (Å²) in [5.74, 6) is 0.786. The number of hydrogen-bond donors (Lipinski definition) is 0. The largest absolute Gasteiger partial charge is 0.329 e. The molecule has 0 N–H and O–H groups in total. The average Bonchev–Trinajstić information content (AvgIpc) is 3.16. The molecule has 1 aromatic carbocycles. The molecule has 3 rings (SSSR count). The zero-order valence-corrected chi connectivity index (χ0v) is 14.5. The van der Waals surface area contributed by atoms with Crippen molar-refractivity contribution >= 4 is 35.2 Å². The monoisotopic (exact) mass is 347 g/mol. The van der Waals surface area contributed by atoms with Gasteiger partial charge in [0.25, 0.3) is 0 Å². The van der Waals surface area contributed by atoms with Crippen molar-refractivity contribution in [2.24, 2.45) is 0 Å². The Balaban J connectivity index is 1.68. The summed E-state index contributed by atoms with van der Waals surface area (Å²) >= 11 is 1.51. The van der Waals surface area contributed by atoms with Gasteiger partial charge in [0.05, 0.1) is 11.6 Å². The van der Waals surface area contributed by atoms with Crippen LogP contribution in [0.25, 0.3) is 0 Å². The molecular formula is C17H21N3O3S. The van der Waals surface area contributed by atoms with Crippen LogP contribution in [0.2, 0.25) is 0 Å². The third kappa shape index (κ3) is 3.26. The molecule has 2 aliphatic rings. The average molecular weight is 347 g/mol. The highest BCUT2D eigenvalue weighted by molar-refractivity contribution is 8.00. The van der Waals surface area contributed by atoms with Crippen molar-refractivity contribution in [1.29, 1.82) is 0 Å². The van der Waals surface area contributed by atoms with E-state index in [2.05, 4.69) is 0 Å². The van der Waals surface area contributed by atoms with Gasteiger partial charge in [0.1, 0.15) is 12.6 Å². The zero-order chi connectivity index (χ0) is 17.1.